The van der Waals surface area contributed by atoms with E-state index in [0.29, 0.717) is 17.6 Å². The fourth-order valence-corrected chi connectivity index (χ4v) is 13.0. The minimum atomic E-state index is 0.514. The van der Waals surface area contributed by atoms with E-state index in [4.69, 9.17) is 19.4 Å². The van der Waals surface area contributed by atoms with Gasteiger partial charge in [0.15, 0.2) is 11.6 Å². The molecule has 0 radical (unpaired) electrons. The Balaban J connectivity index is 0.996. The maximum atomic E-state index is 6.45. The molecule has 0 aliphatic rings. The van der Waals surface area contributed by atoms with Crippen LogP contribution in [0.4, 0.5) is 0 Å². The summed E-state index contributed by atoms with van der Waals surface area (Å²) in [6.07, 6.45) is 0. The fraction of sp³-hybridized carbons (Fsp3) is 0. The molecule has 16 rings (SSSR count). The summed E-state index contributed by atoms with van der Waals surface area (Å²) in [6, 6.07) is 88.9. The number of rotatable bonds is 7. The Hall–Kier alpha value is -9.95. The van der Waals surface area contributed by atoms with Gasteiger partial charge in [0.1, 0.15) is 11.2 Å². The number of hydrogen-bond acceptors (Lipinski definition) is 5. The van der Waals surface area contributed by atoms with Gasteiger partial charge in [0.05, 0.1) is 22.1 Å². The van der Waals surface area contributed by atoms with E-state index >= 15 is 0 Å². The molecule has 0 unspecified atom stereocenters. The molecule has 0 aliphatic heterocycles. The van der Waals surface area contributed by atoms with Gasteiger partial charge in [-0.1, -0.05) is 176 Å². The molecule has 354 valence electrons. The molecule has 0 bridgehead atoms. The third-order valence-corrected chi connectivity index (χ3v) is 16.4. The zero-order valence-corrected chi connectivity index (χ0v) is 41.5. The molecule has 0 saturated heterocycles. The van der Waals surface area contributed by atoms with E-state index in [1.807, 2.05) is 47.7 Å². The van der Waals surface area contributed by atoms with Crippen LogP contribution in [0.25, 0.3) is 154 Å². The number of furan rings is 1. The minimum absolute atomic E-state index is 0.514. The first kappa shape index (κ1) is 42.5. The number of fused-ring (bicyclic) bond motifs is 12. The van der Waals surface area contributed by atoms with Gasteiger partial charge in [-0.2, -0.15) is 9.97 Å². The second-order valence-corrected chi connectivity index (χ2v) is 20.6. The van der Waals surface area contributed by atoms with Crippen LogP contribution in [0.3, 0.4) is 0 Å². The normalized spacial score (nSPS) is 11.9. The van der Waals surface area contributed by atoms with Crippen LogP contribution in [-0.4, -0.2) is 24.1 Å². The van der Waals surface area contributed by atoms with Crippen LogP contribution in [-0.2, 0) is 0 Å². The Bertz CT molecular complexity index is 4950. The van der Waals surface area contributed by atoms with Crippen LogP contribution < -0.4 is 0 Å². The van der Waals surface area contributed by atoms with E-state index in [9.17, 15) is 0 Å². The molecule has 0 saturated carbocycles. The maximum Gasteiger partial charge on any atom is 0.238 e. The second-order valence-electron chi connectivity index (χ2n) is 19.5. The van der Waals surface area contributed by atoms with Crippen LogP contribution in [0.1, 0.15) is 0 Å². The summed E-state index contributed by atoms with van der Waals surface area (Å²) in [5.41, 5.74) is 15.5. The van der Waals surface area contributed by atoms with Gasteiger partial charge in [-0.05, 0) is 101 Å². The van der Waals surface area contributed by atoms with Crippen molar-refractivity contribution in [3.05, 3.63) is 249 Å². The average molecular weight is 988 g/mol. The molecular weight excluding hydrogens is 947 g/mol. The second kappa shape index (κ2) is 16.8. The Kier molecular flexibility index (Phi) is 9.40. The lowest BCUT2D eigenvalue weighted by atomic mass is 9.92. The van der Waals surface area contributed by atoms with E-state index < -0.39 is 0 Å². The highest BCUT2D eigenvalue weighted by atomic mass is 32.1. The third kappa shape index (κ3) is 6.62. The monoisotopic (exact) mass is 987 g/mol. The molecule has 5 aromatic heterocycles. The third-order valence-electron chi connectivity index (χ3n) is 15.2. The molecule has 16 aromatic rings. The van der Waals surface area contributed by atoms with E-state index in [-0.39, 0.29) is 0 Å². The number of thiophene rings is 1. The van der Waals surface area contributed by atoms with E-state index in [1.54, 1.807) is 0 Å². The quantitative estimate of drug-likeness (QED) is 0.160. The number of aromatic nitrogens is 5. The minimum Gasteiger partial charge on any atom is -0.456 e. The highest BCUT2D eigenvalue weighted by Gasteiger charge is 2.24. The van der Waals surface area contributed by atoms with Crippen molar-refractivity contribution >= 4 is 97.1 Å². The molecular formula is C69H41N5OS. The summed E-state index contributed by atoms with van der Waals surface area (Å²) >= 11 is 1.86. The van der Waals surface area contributed by atoms with Gasteiger partial charge < -0.3 is 8.98 Å². The van der Waals surface area contributed by atoms with Gasteiger partial charge in [0.25, 0.3) is 0 Å². The van der Waals surface area contributed by atoms with Crippen LogP contribution in [0.15, 0.2) is 253 Å². The van der Waals surface area contributed by atoms with Crippen molar-refractivity contribution in [3.63, 3.8) is 0 Å². The Morgan fingerprint density at radius 1 is 0.316 bits per heavy atom. The Morgan fingerprint density at radius 2 is 0.895 bits per heavy atom. The predicted molar refractivity (Wildman–Crippen MR) is 316 cm³/mol. The van der Waals surface area contributed by atoms with Crippen molar-refractivity contribution in [2.75, 3.05) is 0 Å². The molecule has 5 heterocycles. The highest BCUT2D eigenvalue weighted by molar-refractivity contribution is 7.26. The zero-order chi connectivity index (χ0) is 49.8. The van der Waals surface area contributed by atoms with Gasteiger partial charge in [-0.25, -0.2) is 4.98 Å². The smallest absolute Gasteiger partial charge is 0.238 e. The first-order valence-corrected chi connectivity index (χ1v) is 26.4. The van der Waals surface area contributed by atoms with Gasteiger partial charge in [-0.3, -0.25) is 4.57 Å². The maximum absolute atomic E-state index is 6.45. The predicted octanol–water partition coefficient (Wildman–Crippen LogP) is 18.7. The van der Waals surface area contributed by atoms with Gasteiger partial charge in [-0.15, -0.1) is 11.3 Å². The number of nitrogens with zero attached hydrogens (tertiary/aromatic N) is 5. The molecule has 0 atom stereocenters. The lowest BCUT2D eigenvalue weighted by Gasteiger charge is -2.15. The van der Waals surface area contributed by atoms with Crippen LogP contribution >= 0.6 is 11.3 Å². The largest absolute Gasteiger partial charge is 0.456 e. The van der Waals surface area contributed by atoms with Gasteiger partial charge in [0, 0.05) is 74.9 Å². The summed E-state index contributed by atoms with van der Waals surface area (Å²) in [6.45, 7) is 0. The summed E-state index contributed by atoms with van der Waals surface area (Å²) in [4.78, 5) is 16.2. The highest BCUT2D eigenvalue weighted by Crippen LogP contribution is 2.45. The molecule has 76 heavy (non-hydrogen) atoms. The van der Waals surface area contributed by atoms with Crippen molar-refractivity contribution in [3.8, 4) is 67.8 Å². The Labute approximate surface area is 439 Å². The van der Waals surface area contributed by atoms with Crippen LogP contribution in [0.5, 0.6) is 0 Å². The SMILES string of the molecule is c1ccc(-c2cc(-c3cccc4c3sc3ccccc34)cc(-c3cccc4c5cc(-n6c7ccccc7c7ccccc76)ccc5n(-c5nc(-c6ccccc6)nc(-c6ccc7c(c6)oc6ccccc67)n5)c34)c2)cc1. The van der Waals surface area contributed by atoms with Crippen LogP contribution in [0.2, 0.25) is 0 Å². The average Bonchev–Trinajstić information content (AvgIpc) is 4.29. The topological polar surface area (TPSA) is 61.7 Å². The van der Waals surface area contributed by atoms with E-state index in [0.717, 1.165) is 99.4 Å². The van der Waals surface area contributed by atoms with Gasteiger partial charge in [0.2, 0.25) is 5.95 Å². The van der Waals surface area contributed by atoms with Crippen molar-refractivity contribution in [2.45, 2.75) is 0 Å². The molecule has 6 nitrogen and oxygen atoms in total. The lowest BCUT2D eigenvalue weighted by Crippen LogP contribution is -2.07. The molecule has 11 aromatic carbocycles. The summed E-state index contributed by atoms with van der Waals surface area (Å²) in [7, 11) is 0. The molecule has 0 spiro atoms. The Morgan fingerprint density at radius 3 is 1.67 bits per heavy atom. The molecule has 0 aliphatic carbocycles. The summed E-state index contributed by atoms with van der Waals surface area (Å²) in [5.74, 6) is 1.63. The van der Waals surface area contributed by atoms with Crippen LogP contribution in [0, 0.1) is 0 Å². The first-order valence-electron chi connectivity index (χ1n) is 25.6. The van der Waals surface area contributed by atoms with E-state index in [1.165, 1.54) is 36.5 Å². The molecule has 7 heteroatoms. The summed E-state index contributed by atoms with van der Waals surface area (Å²) in [5, 5.41) is 9.27. The van der Waals surface area contributed by atoms with Gasteiger partial charge >= 0.3 is 0 Å². The number of benzene rings is 11. The van der Waals surface area contributed by atoms with Crippen molar-refractivity contribution in [1.82, 2.24) is 24.1 Å². The van der Waals surface area contributed by atoms with E-state index in [2.05, 4.69) is 221 Å². The standard InChI is InChI=1S/C69H41N5OS/c1-3-17-42(18-4-1)45-37-46(39-47(38-45)50-26-16-28-57-55-24-10-14-32-64(55)76-66(50)57)49-25-15-27-56-58-41-48(73-59-29-11-7-21-51(59)52-22-8-12-30-60(52)73)34-36-61(58)74(65(49)56)69-71-67(43-19-5-2-6-20-43)70-68(72-69)44-33-35-54-53-23-9-13-31-62(53)75-63(54)40-44/h1-41H. The lowest BCUT2D eigenvalue weighted by molar-refractivity contribution is 0.669. The summed E-state index contributed by atoms with van der Waals surface area (Å²) < 4.78 is 13.7. The number of hydrogen-bond donors (Lipinski definition) is 0. The number of para-hydroxylation sites is 4. The van der Waals surface area contributed by atoms with Crippen molar-refractivity contribution < 1.29 is 4.42 Å². The first-order chi connectivity index (χ1) is 37.7. The van der Waals surface area contributed by atoms with Crippen molar-refractivity contribution in [1.29, 1.82) is 0 Å². The fourth-order valence-electron chi connectivity index (χ4n) is 11.7. The zero-order valence-electron chi connectivity index (χ0n) is 40.7. The molecule has 0 amide bonds. The molecule has 0 fully saturated rings. The molecule has 0 N–H and O–H groups in total. The van der Waals surface area contributed by atoms with Crippen molar-refractivity contribution in [2.24, 2.45) is 0 Å².